The average molecular weight is 431 g/mol. The topological polar surface area (TPSA) is 52.1 Å². The number of esters is 1. The first-order valence-corrected chi connectivity index (χ1v) is 11.9. The van der Waals surface area contributed by atoms with E-state index in [0.717, 1.165) is 30.5 Å². The number of ether oxygens (including phenoxy) is 1. The minimum atomic E-state index is -0.415. The fourth-order valence-corrected chi connectivity index (χ4v) is 3.72. The lowest BCUT2D eigenvalue weighted by Gasteiger charge is -2.06. The molecule has 0 saturated heterocycles. The minimum absolute atomic E-state index is 0.206. The fraction of sp³-hybridized carbons (Fsp3) is 0.393. The standard InChI is InChI=1S/C28H34N2O2/c1-3-5-6-7-8-9-11-23-14-18-25(19-15-23)28(31)32-27-21-29-26(20-30-27)24-16-12-22(10-4-2)13-17-24/h12-21H,3-11H2,1-2H3. The highest BCUT2D eigenvalue weighted by Crippen LogP contribution is 2.19. The Labute approximate surface area is 192 Å². The van der Waals surface area contributed by atoms with Crippen LogP contribution in [0.25, 0.3) is 11.3 Å². The molecule has 4 heteroatoms. The first-order chi connectivity index (χ1) is 15.7. The van der Waals surface area contributed by atoms with Crippen LogP contribution in [0.3, 0.4) is 0 Å². The number of unbranched alkanes of at least 4 members (excludes halogenated alkanes) is 5. The number of nitrogens with zero attached hydrogens (tertiary/aromatic N) is 2. The van der Waals surface area contributed by atoms with E-state index < -0.39 is 5.97 Å². The van der Waals surface area contributed by atoms with Crippen molar-refractivity contribution in [2.75, 3.05) is 0 Å². The van der Waals surface area contributed by atoms with E-state index in [1.165, 1.54) is 55.8 Å². The average Bonchev–Trinajstić information content (AvgIpc) is 2.83. The lowest BCUT2D eigenvalue weighted by molar-refractivity contribution is 0.0727. The number of aryl methyl sites for hydroxylation is 2. The van der Waals surface area contributed by atoms with Crippen LogP contribution in [-0.4, -0.2) is 15.9 Å². The number of rotatable bonds is 12. The molecule has 0 fully saturated rings. The highest BCUT2D eigenvalue weighted by atomic mass is 16.5. The molecule has 3 aromatic rings. The van der Waals surface area contributed by atoms with Crippen LogP contribution >= 0.6 is 0 Å². The van der Waals surface area contributed by atoms with Gasteiger partial charge in [0.25, 0.3) is 0 Å². The third kappa shape index (κ3) is 7.30. The molecule has 0 spiro atoms. The molecule has 168 valence electrons. The van der Waals surface area contributed by atoms with Gasteiger partial charge in [0.15, 0.2) is 0 Å². The summed E-state index contributed by atoms with van der Waals surface area (Å²) in [5, 5.41) is 0. The van der Waals surface area contributed by atoms with Crippen molar-refractivity contribution in [3.63, 3.8) is 0 Å². The zero-order chi connectivity index (χ0) is 22.6. The van der Waals surface area contributed by atoms with Gasteiger partial charge in [-0.25, -0.2) is 14.8 Å². The lowest BCUT2D eigenvalue weighted by atomic mass is 10.0. The second-order valence-corrected chi connectivity index (χ2v) is 8.29. The summed E-state index contributed by atoms with van der Waals surface area (Å²) < 4.78 is 5.41. The Bertz CT molecular complexity index is 948. The molecule has 3 rings (SSSR count). The summed E-state index contributed by atoms with van der Waals surface area (Å²) in [6, 6.07) is 16.0. The second kappa shape index (κ2) is 12.7. The maximum Gasteiger partial charge on any atom is 0.344 e. The summed E-state index contributed by atoms with van der Waals surface area (Å²) in [6.45, 7) is 4.41. The van der Waals surface area contributed by atoms with E-state index in [-0.39, 0.29) is 5.88 Å². The first-order valence-electron chi connectivity index (χ1n) is 11.9. The smallest absolute Gasteiger partial charge is 0.344 e. The SMILES string of the molecule is CCCCCCCCc1ccc(C(=O)Oc2cnc(-c3ccc(CCC)cc3)cn2)cc1. The van der Waals surface area contributed by atoms with Gasteiger partial charge in [0.1, 0.15) is 0 Å². The molecule has 0 radical (unpaired) electrons. The monoisotopic (exact) mass is 430 g/mol. The Morgan fingerprint density at radius 1 is 0.719 bits per heavy atom. The molecular weight excluding hydrogens is 396 g/mol. The molecule has 0 amide bonds. The lowest BCUT2D eigenvalue weighted by Crippen LogP contribution is -2.09. The molecule has 0 aliphatic rings. The molecule has 0 unspecified atom stereocenters. The van der Waals surface area contributed by atoms with Gasteiger partial charge in [0, 0.05) is 5.56 Å². The molecular formula is C28H34N2O2. The van der Waals surface area contributed by atoms with Crippen LogP contribution in [0.1, 0.15) is 80.3 Å². The summed E-state index contributed by atoms with van der Waals surface area (Å²) in [7, 11) is 0. The quantitative estimate of drug-likeness (QED) is 0.225. The van der Waals surface area contributed by atoms with E-state index in [0.29, 0.717) is 5.56 Å². The maximum absolute atomic E-state index is 12.5. The Kier molecular flexibility index (Phi) is 9.42. The molecule has 4 nitrogen and oxygen atoms in total. The molecule has 1 aromatic heterocycles. The van der Waals surface area contributed by atoms with Crippen LogP contribution in [-0.2, 0) is 12.8 Å². The van der Waals surface area contributed by atoms with Gasteiger partial charge in [-0.15, -0.1) is 0 Å². The summed E-state index contributed by atoms with van der Waals surface area (Å²) in [5.74, 6) is -0.209. The number of hydrogen-bond donors (Lipinski definition) is 0. The zero-order valence-corrected chi connectivity index (χ0v) is 19.3. The van der Waals surface area contributed by atoms with E-state index in [2.05, 4.69) is 35.9 Å². The second-order valence-electron chi connectivity index (χ2n) is 8.29. The minimum Gasteiger partial charge on any atom is -0.402 e. The van der Waals surface area contributed by atoms with Crippen LogP contribution in [0, 0.1) is 0 Å². The van der Waals surface area contributed by atoms with Crippen LogP contribution in [0.4, 0.5) is 0 Å². The third-order valence-corrected chi connectivity index (χ3v) is 5.62. The van der Waals surface area contributed by atoms with E-state index in [9.17, 15) is 4.79 Å². The Morgan fingerprint density at radius 2 is 1.38 bits per heavy atom. The number of benzene rings is 2. The van der Waals surface area contributed by atoms with Crippen molar-refractivity contribution in [1.29, 1.82) is 0 Å². The maximum atomic E-state index is 12.5. The predicted molar refractivity (Wildman–Crippen MR) is 130 cm³/mol. The van der Waals surface area contributed by atoms with Crippen molar-refractivity contribution in [2.24, 2.45) is 0 Å². The Morgan fingerprint density at radius 3 is 2.03 bits per heavy atom. The van der Waals surface area contributed by atoms with Gasteiger partial charge in [-0.1, -0.05) is 88.8 Å². The number of carbonyl (C=O) groups excluding carboxylic acids is 1. The summed E-state index contributed by atoms with van der Waals surface area (Å²) >= 11 is 0. The molecule has 0 saturated carbocycles. The Balaban J connectivity index is 1.49. The zero-order valence-electron chi connectivity index (χ0n) is 19.3. The molecule has 0 bridgehead atoms. The van der Waals surface area contributed by atoms with Crippen LogP contribution in [0.15, 0.2) is 60.9 Å². The van der Waals surface area contributed by atoms with Crippen molar-refractivity contribution in [2.45, 2.75) is 71.6 Å². The molecule has 2 aromatic carbocycles. The van der Waals surface area contributed by atoms with Gasteiger partial charge in [-0.2, -0.15) is 0 Å². The highest BCUT2D eigenvalue weighted by molar-refractivity contribution is 5.90. The molecule has 0 aliphatic carbocycles. The number of aromatic nitrogens is 2. The van der Waals surface area contributed by atoms with Gasteiger partial charge in [-0.05, 0) is 42.5 Å². The molecule has 0 atom stereocenters. The van der Waals surface area contributed by atoms with Crippen LogP contribution in [0.5, 0.6) is 5.88 Å². The van der Waals surface area contributed by atoms with Crippen molar-refractivity contribution >= 4 is 5.97 Å². The molecule has 0 N–H and O–H groups in total. The van der Waals surface area contributed by atoms with Crippen molar-refractivity contribution < 1.29 is 9.53 Å². The number of hydrogen-bond acceptors (Lipinski definition) is 4. The largest absolute Gasteiger partial charge is 0.402 e. The van der Waals surface area contributed by atoms with Gasteiger partial charge in [0.05, 0.1) is 23.7 Å². The van der Waals surface area contributed by atoms with Gasteiger partial charge in [0.2, 0.25) is 5.88 Å². The number of carbonyl (C=O) groups is 1. The fourth-order valence-electron chi connectivity index (χ4n) is 3.72. The van der Waals surface area contributed by atoms with Gasteiger partial charge >= 0.3 is 5.97 Å². The third-order valence-electron chi connectivity index (χ3n) is 5.62. The first kappa shape index (κ1) is 23.6. The van der Waals surface area contributed by atoms with E-state index in [1.54, 1.807) is 6.20 Å². The van der Waals surface area contributed by atoms with E-state index >= 15 is 0 Å². The van der Waals surface area contributed by atoms with E-state index in [4.69, 9.17) is 4.74 Å². The van der Waals surface area contributed by atoms with Crippen LogP contribution < -0.4 is 4.74 Å². The molecule has 0 aliphatic heterocycles. The van der Waals surface area contributed by atoms with Crippen LogP contribution in [0.2, 0.25) is 0 Å². The summed E-state index contributed by atoms with van der Waals surface area (Å²) in [4.78, 5) is 21.1. The van der Waals surface area contributed by atoms with E-state index in [1.807, 2.05) is 36.4 Å². The van der Waals surface area contributed by atoms with Crippen molar-refractivity contribution in [1.82, 2.24) is 9.97 Å². The normalized spacial score (nSPS) is 10.8. The Hall–Kier alpha value is -3.01. The van der Waals surface area contributed by atoms with Gasteiger partial charge < -0.3 is 4.74 Å². The predicted octanol–water partition coefficient (Wildman–Crippen LogP) is 7.22. The summed E-state index contributed by atoms with van der Waals surface area (Å²) in [6.07, 6.45) is 14.1. The van der Waals surface area contributed by atoms with Gasteiger partial charge in [-0.3, -0.25) is 0 Å². The summed E-state index contributed by atoms with van der Waals surface area (Å²) in [5.41, 5.74) is 4.84. The highest BCUT2D eigenvalue weighted by Gasteiger charge is 2.10. The molecule has 32 heavy (non-hydrogen) atoms. The molecule has 1 heterocycles. The van der Waals surface area contributed by atoms with Crippen molar-refractivity contribution in [3.8, 4) is 17.1 Å². The van der Waals surface area contributed by atoms with Crippen molar-refractivity contribution in [3.05, 3.63) is 77.6 Å².